The van der Waals surface area contributed by atoms with Gasteiger partial charge in [0.1, 0.15) is 13.2 Å². The fraction of sp³-hybridized carbons (Fsp3) is 0.769. The molecule has 410 valence electrons. The van der Waals surface area contributed by atoms with Gasteiger partial charge in [0, 0.05) is 19.3 Å². The molecule has 0 radical (unpaired) electrons. The maximum Gasteiger partial charge on any atom is 0.306 e. The van der Waals surface area contributed by atoms with E-state index in [1.165, 1.54) is 167 Å². The molecule has 0 N–H and O–H groups in total. The maximum absolute atomic E-state index is 12.9. The van der Waals surface area contributed by atoms with E-state index in [0.717, 1.165) is 96.3 Å². The Morgan fingerprint density at radius 1 is 0.282 bits per heavy atom. The van der Waals surface area contributed by atoms with Crippen LogP contribution < -0.4 is 0 Å². The lowest BCUT2D eigenvalue weighted by molar-refractivity contribution is -0.167. The molecule has 0 saturated heterocycles. The number of rotatable bonds is 55. The second kappa shape index (κ2) is 59.4. The summed E-state index contributed by atoms with van der Waals surface area (Å²) in [6.45, 7) is 6.60. The number of carbonyl (C=O) groups is 3. The molecule has 0 rings (SSSR count). The van der Waals surface area contributed by atoms with Gasteiger partial charge >= 0.3 is 17.9 Å². The van der Waals surface area contributed by atoms with Crippen molar-refractivity contribution in [2.75, 3.05) is 13.2 Å². The van der Waals surface area contributed by atoms with Crippen LogP contribution in [0.5, 0.6) is 0 Å². The Hall–Kier alpha value is -3.15. The fourth-order valence-electron chi connectivity index (χ4n) is 8.53. The third-order valence-electron chi connectivity index (χ3n) is 13.2. The van der Waals surface area contributed by atoms with E-state index in [-0.39, 0.29) is 31.1 Å². The molecule has 0 heterocycles. The van der Waals surface area contributed by atoms with Gasteiger partial charge in [-0.1, -0.05) is 241 Å². The molecule has 6 nitrogen and oxygen atoms in total. The average molecular weight is 992 g/mol. The second-order valence-electron chi connectivity index (χ2n) is 20.2. The molecule has 0 aromatic rings. The zero-order chi connectivity index (χ0) is 51.4. The zero-order valence-corrected chi connectivity index (χ0v) is 47.0. The first-order valence-corrected chi connectivity index (χ1v) is 30.4. The lowest BCUT2D eigenvalue weighted by Crippen LogP contribution is -2.30. The van der Waals surface area contributed by atoms with Gasteiger partial charge in [0.05, 0.1) is 0 Å². The normalized spacial score (nSPS) is 12.5. The summed E-state index contributed by atoms with van der Waals surface area (Å²) < 4.78 is 16.9. The quantitative estimate of drug-likeness (QED) is 0.0261. The van der Waals surface area contributed by atoms with Crippen LogP contribution in [0.4, 0.5) is 0 Å². The van der Waals surface area contributed by atoms with E-state index in [2.05, 4.69) is 93.7 Å². The van der Waals surface area contributed by atoms with Crippen LogP contribution in [0, 0.1) is 0 Å². The van der Waals surface area contributed by atoms with Crippen molar-refractivity contribution in [2.24, 2.45) is 0 Å². The first kappa shape index (κ1) is 67.8. The van der Waals surface area contributed by atoms with E-state index in [1.54, 1.807) is 0 Å². The number of ether oxygens (including phenoxy) is 3. The number of allylic oxidation sites excluding steroid dienone is 12. The molecule has 1 atom stereocenters. The summed E-state index contributed by atoms with van der Waals surface area (Å²) in [7, 11) is 0. The molecule has 0 bridgehead atoms. The third kappa shape index (κ3) is 57.6. The molecular formula is C65H114O6. The van der Waals surface area contributed by atoms with Crippen LogP contribution in [0.25, 0.3) is 0 Å². The molecular weight excluding hydrogens is 877 g/mol. The zero-order valence-electron chi connectivity index (χ0n) is 47.0. The molecule has 0 aliphatic rings. The predicted octanol–water partition coefficient (Wildman–Crippen LogP) is 20.5. The van der Waals surface area contributed by atoms with E-state index in [1.807, 2.05) is 0 Å². The Morgan fingerprint density at radius 3 is 0.845 bits per heavy atom. The van der Waals surface area contributed by atoms with Crippen molar-refractivity contribution < 1.29 is 28.6 Å². The van der Waals surface area contributed by atoms with Gasteiger partial charge < -0.3 is 14.2 Å². The Kier molecular flexibility index (Phi) is 56.8. The van der Waals surface area contributed by atoms with Crippen molar-refractivity contribution in [2.45, 2.75) is 309 Å². The molecule has 0 aliphatic carbocycles. The number of hydrogen-bond donors (Lipinski definition) is 0. The van der Waals surface area contributed by atoms with Gasteiger partial charge in [0.15, 0.2) is 6.10 Å². The highest BCUT2D eigenvalue weighted by molar-refractivity contribution is 5.71. The number of hydrogen-bond acceptors (Lipinski definition) is 6. The van der Waals surface area contributed by atoms with E-state index in [9.17, 15) is 14.4 Å². The molecule has 1 unspecified atom stereocenters. The van der Waals surface area contributed by atoms with Gasteiger partial charge in [-0.15, -0.1) is 0 Å². The second-order valence-corrected chi connectivity index (χ2v) is 20.2. The van der Waals surface area contributed by atoms with Gasteiger partial charge in [-0.25, -0.2) is 0 Å². The topological polar surface area (TPSA) is 78.9 Å². The van der Waals surface area contributed by atoms with Crippen molar-refractivity contribution in [3.63, 3.8) is 0 Å². The van der Waals surface area contributed by atoms with Gasteiger partial charge in [-0.05, 0) is 116 Å². The SMILES string of the molecule is CCCCC/C=C\C/C=C\C/C=C\CCCCCCCCC(=O)OCC(COC(=O)CCCCCCC/C=C\CCCCCCCCC)OC(=O)CCCCCCCCC/C=C\C/C=C\CCCCCC. The van der Waals surface area contributed by atoms with Gasteiger partial charge in [0.25, 0.3) is 0 Å². The Labute approximate surface area is 440 Å². The minimum atomic E-state index is -0.790. The summed E-state index contributed by atoms with van der Waals surface area (Å²) in [5.74, 6) is -0.904. The lowest BCUT2D eigenvalue weighted by atomic mass is 10.1. The highest BCUT2D eigenvalue weighted by Gasteiger charge is 2.19. The van der Waals surface area contributed by atoms with Crippen molar-refractivity contribution in [1.29, 1.82) is 0 Å². The van der Waals surface area contributed by atoms with Crippen LogP contribution in [0.1, 0.15) is 303 Å². The minimum Gasteiger partial charge on any atom is -0.462 e. The first-order valence-electron chi connectivity index (χ1n) is 30.4. The maximum atomic E-state index is 12.9. The van der Waals surface area contributed by atoms with Crippen molar-refractivity contribution in [1.82, 2.24) is 0 Å². The molecule has 0 saturated carbocycles. The summed E-state index contributed by atoms with van der Waals surface area (Å²) in [4.78, 5) is 38.3. The van der Waals surface area contributed by atoms with Crippen LogP contribution in [0.15, 0.2) is 72.9 Å². The monoisotopic (exact) mass is 991 g/mol. The van der Waals surface area contributed by atoms with Gasteiger partial charge in [-0.3, -0.25) is 14.4 Å². The van der Waals surface area contributed by atoms with E-state index in [0.29, 0.717) is 19.3 Å². The van der Waals surface area contributed by atoms with Crippen LogP contribution in [0.3, 0.4) is 0 Å². The van der Waals surface area contributed by atoms with Gasteiger partial charge in [0.2, 0.25) is 0 Å². The number of esters is 3. The smallest absolute Gasteiger partial charge is 0.306 e. The van der Waals surface area contributed by atoms with Gasteiger partial charge in [-0.2, -0.15) is 0 Å². The highest BCUT2D eigenvalue weighted by atomic mass is 16.6. The highest BCUT2D eigenvalue weighted by Crippen LogP contribution is 2.15. The average Bonchev–Trinajstić information content (AvgIpc) is 3.37. The van der Waals surface area contributed by atoms with Crippen LogP contribution in [-0.2, 0) is 28.6 Å². The largest absolute Gasteiger partial charge is 0.462 e. The predicted molar refractivity (Wildman–Crippen MR) is 307 cm³/mol. The molecule has 0 aromatic carbocycles. The summed E-state index contributed by atoms with van der Waals surface area (Å²) in [6, 6.07) is 0. The number of unbranched alkanes of at least 4 members (excludes halogenated alkanes) is 32. The van der Waals surface area contributed by atoms with Crippen LogP contribution in [-0.4, -0.2) is 37.2 Å². The standard InChI is InChI=1S/C65H114O6/c1-4-7-10-13-16-19-22-25-28-31-33-35-37-40-43-46-49-52-55-58-64(67)70-61-62(60-69-63(66)57-54-51-48-45-42-39-36-30-27-24-21-18-15-12-9-6-3)71-65(68)59-56-53-50-47-44-41-38-34-32-29-26-23-20-17-14-11-8-5-2/h16,19-20,23,25,28-30,32-33,35-36,62H,4-15,17-18,21-22,24,26-27,31,34,37-61H2,1-3H3/b19-16-,23-20-,28-25-,32-29-,35-33-,36-30-. The summed E-state index contributed by atoms with van der Waals surface area (Å²) in [5.41, 5.74) is 0. The third-order valence-corrected chi connectivity index (χ3v) is 13.2. The van der Waals surface area contributed by atoms with Crippen molar-refractivity contribution in [3.05, 3.63) is 72.9 Å². The molecule has 0 fully saturated rings. The van der Waals surface area contributed by atoms with Crippen molar-refractivity contribution >= 4 is 17.9 Å². The van der Waals surface area contributed by atoms with Crippen LogP contribution >= 0.6 is 0 Å². The first-order chi connectivity index (χ1) is 35.0. The van der Waals surface area contributed by atoms with E-state index in [4.69, 9.17) is 14.2 Å². The Balaban J connectivity index is 4.42. The minimum absolute atomic E-state index is 0.0865. The summed E-state index contributed by atoms with van der Waals surface area (Å²) >= 11 is 0. The van der Waals surface area contributed by atoms with E-state index >= 15 is 0 Å². The van der Waals surface area contributed by atoms with Crippen LogP contribution in [0.2, 0.25) is 0 Å². The summed E-state index contributed by atoms with van der Waals surface area (Å²) in [6.07, 6.45) is 76.0. The molecule has 0 spiro atoms. The van der Waals surface area contributed by atoms with Crippen molar-refractivity contribution in [3.8, 4) is 0 Å². The Bertz CT molecular complexity index is 1320. The Morgan fingerprint density at radius 2 is 0.507 bits per heavy atom. The molecule has 0 aliphatic heterocycles. The molecule has 71 heavy (non-hydrogen) atoms. The summed E-state index contributed by atoms with van der Waals surface area (Å²) in [5, 5.41) is 0. The molecule has 6 heteroatoms. The fourth-order valence-corrected chi connectivity index (χ4v) is 8.53. The molecule has 0 aromatic heterocycles. The number of carbonyl (C=O) groups excluding carboxylic acids is 3. The molecule has 0 amide bonds. The van der Waals surface area contributed by atoms with E-state index < -0.39 is 6.10 Å². The lowest BCUT2D eigenvalue weighted by Gasteiger charge is -2.18.